The minimum absolute atomic E-state index is 0.113. The lowest BCUT2D eigenvalue weighted by atomic mass is 10.1. The lowest BCUT2D eigenvalue weighted by Gasteiger charge is -2.17. The zero-order chi connectivity index (χ0) is 10.8. The van der Waals surface area contributed by atoms with Crippen molar-refractivity contribution in [2.75, 3.05) is 11.5 Å². The number of hydrogen-bond donors (Lipinski definition) is 2. The number of rotatable bonds is 4. The largest absolute Gasteiger partial charge is 0.368 e. The number of nitrogens with one attached hydrogen (secondary N) is 1. The van der Waals surface area contributed by atoms with E-state index in [0.717, 1.165) is 0 Å². The van der Waals surface area contributed by atoms with Gasteiger partial charge in [0.25, 0.3) is 0 Å². The van der Waals surface area contributed by atoms with Crippen molar-refractivity contribution in [2.45, 2.75) is 31.8 Å². The lowest BCUT2D eigenvalue weighted by Crippen LogP contribution is -2.46. The summed E-state index contributed by atoms with van der Waals surface area (Å²) in [4.78, 5) is 10.9. The van der Waals surface area contributed by atoms with Crippen LogP contribution in [0, 0.1) is 0 Å². The summed E-state index contributed by atoms with van der Waals surface area (Å²) < 4.78 is 22.2. The van der Waals surface area contributed by atoms with Crippen LogP contribution in [0.2, 0.25) is 0 Å². The van der Waals surface area contributed by atoms with Crippen LogP contribution in [0.5, 0.6) is 0 Å². The number of nitrogens with two attached hydrogens (primary N) is 1. The molecule has 1 saturated heterocycles. The summed E-state index contributed by atoms with van der Waals surface area (Å²) in [7, 11) is -2.89. The molecule has 0 spiro atoms. The van der Waals surface area contributed by atoms with Crippen LogP contribution in [-0.4, -0.2) is 37.9 Å². The van der Waals surface area contributed by atoms with Crippen LogP contribution < -0.4 is 11.1 Å². The van der Waals surface area contributed by atoms with Crippen molar-refractivity contribution in [3.63, 3.8) is 0 Å². The molecule has 1 rings (SSSR count). The van der Waals surface area contributed by atoms with Crippen LogP contribution in [0.3, 0.4) is 0 Å². The number of carbonyl (C=O) groups excluding carboxylic acids is 1. The molecule has 1 aliphatic heterocycles. The molecule has 14 heavy (non-hydrogen) atoms. The quantitative estimate of drug-likeness (QED) is 0.637. The van der Waals surface area contributed by atoms with Gasteiger partial charge in [0.15, 0.2) is 9.84 Å². The van der Waals surface area contributed by atoms with Gasteiger partial charge in [0, 0.05) is 6.04 Å². The lowest BCUT2D eigenvalue weighted by molar-refractivity contribution is -0.120. The molecular formula is C8H16N2O3S. The first-order valence-electron chi connectivity index (χ1n) is 4.70. The minimum Gasteiger partial charge on any atom is -0.368 e. The molecule has 1 fully saturated rings. The second-order valence-electron chi connectivity index (χ2n) is 3.63. The van der Waals surface area contributed by atoms with E-state index in [-0.39, 0.29) is 17.5 Å². The fourth-order valence-corrected chi connectivity index (χ4v) is 3.30. The van der Waals surface area contributed by atoms with Crippen LogP contribution in [0.1, 0.15) is 19.8 Å². The van der Waals surface area contributed by atoms with E-state index >= 15 is 0 Å². The molecule has 0 aromatic carbocycles. The molecular weight excluding hydrogens is 204 g/mol. The topological polar surface area (TPSA) is 89.3 Å². The van der Waals surface area contributed by atoms with Gasteiger partial charge < -0.3 is 11.1 Å². The molecule has 0 aromatic heterocycles. The Hall–Kier alpha value is -0.620. The second kappa shape index (κ2) is 4.27. The molecule has 82 valence electrons. The molecule has 0 saturated carbocycles. The Kier molecular flexibility index (Phi) is 3.49. The van der Waals surface area contributed by atoms with Gasteiger partial charge in [-0.2, -0.15) is 0 Å². The normalized spacial score (nSPS) is 27.4. The Balaban J connectivity index is 2.50. The standard InChI is InChI=1S/C8H16N2O3S/c1-2-7(8(9)11)10-6-3-4-14(12,13)5-6/h6-7,10H,2-5H2,1H3,(H2,9,11). The van der Waals surface area contributed by atoms with Gasteiger partial charge in [-0.3, -0.25) is 4.79 Å². The van der Waals surface area contributed by atoms with Crippen LogP contribution >= 0.6 is 0 Å². The maximum atomic E-state index is 11.1. The van der Waals surface area contributed by atoms with Gasteiger partial charge in [-0.15, -0.1) is 0 Å². The van der Waals surface area contributed by atoms with Crippen molar-refractivity contribution in [1.29, 1.82) is 0 Å². The van der Waals surface area contributed by atoms with Crippen LogP contribution in [0.15, 0.2) is 0 Å². The molecule has 3 N–H and O–H groups in total. The van der Waals surface area contributed by atoms with Gasteiger partial charge in [-0.05, 0) is 12.8 Å². The number of sulfone groups is 1. The van der Waals surface area contributed by atoms with E-state index in [4.69, 9.17) is 5.73 Å². The fourth-order valence-electron chi connectivity index (χ4n) is 1.61. The van der Waals surface area contributed by atoms with Gasteiger partial charge >= 0.3 is 0 Å². The van der Waals surface area contributed by atoms with Crippen molar-refractivity contribution in [2.24, 2.45) is 5.73 Å². The monoisotopic (exact) mass is 220 g/mol. The van der Waals surface area contributed by atoms with Crippen molar-refractivity contribution < 1.29 is 13.2 Å². The van der Waals surface area contributed by atoms with Crippen molar-refractivity contribution in [3.8, 4) is 0 Å². The van der Waals surface area contributed by atoms with Crippen LogP contribution in [-0.2, 0) is 14.6 Å². The highest BCUT2D eigenvalue weighted by Crippen LogP contribution is 2.12. The average molecular weight is 220 g/mol. The highest BCUT2D eigenvalue weighted by molar-refractivity contribution is 7.91. The fraction of sp³-hybridized carbons (Fsp3) is 0.875. The van der Waals surface area contributed by atoms with E-state index in [1.165, 1.54) is 0 Å². The van der Waals surface area contributed by atoms with Crippen LogP contribution in [0.25, 0.3) is 0 Å². The predicted octanol–water partition coefficient (Wildman–Crippen LogP) is -0.973. The van der Waals surface area contributed by atoms with Crippen molar-refractivity contribution in [3.05, 3.63) is 0 Å². The van der Waals surface area contributed by atoms with Crippen molar-refractivity contribution >= 4 is 15.7 Å². The molecule has 2 atom stereocenters. The van der Waals surface area contributed by atoms with E-state index in [2.05, 4.69) is 5.32 Å². The minimum atomic E-state index is -2.89. The zero-order valence-electron chi connectivity index (χ0n) is 8.19. The van der Waals surface area contributed by atoms with Gasteiger partial charge in [-0.25, -0.2) is 8.42 Å². The molecule has 6 heteroatoms. The molecule has 5 nitrogen and oxygen atoms in total. The third kappa shape index (κ3) is 2.95. The third-order valence-corrected chi connectivity index (χ3v) is 4.19. The highest BCUT2D eigenvalue weighted by Gasteiger charge is 2.29. The van der Waals surface area contributed by atoms with Gasteiger partial charge in [0.2, 0.25) is 5.91 Å². The Morgan fingerprint density at radius 2 is 2.29 bits per heavy atom. The summed E-state index contributed by atoms with van der Waals surface area (Å²) in [5.41, 5.74) is 5.14. The highest BCUT2D eigenvalue weighted by atomic mass is 32.2. The van der Waals surface area contributed by atoms with Gasteiger partial charge in [0.05, 0.1) is 17.5 Å². The van der Waals surface area contributed by atoms with E-state index in [1.54, 1.807) is 0 Å². The summed E-state index contributed by atoms with van der Waals surface area (Å²) in [6.07, 6.45) is 1.16. The molecule has 1 amide bonds. The number of amides is 1. The number of hydrogen-bond acceptors (Lipinski definition) is 4. The molecule has 2 unspecified atom stereocenters. The number of primary amides is 1. The first kappa shape index (κ1) is 11.5. The Morgan fingerprint density at radius 1 is 1.64 bits per heavy atom. The summed E-state index contributed by atoms with van der Waals surface area (Å²) in [6, 6.07) is -0.522. The average Bonchev–Trinajstić information content (AvgIpc) is 2.41. The molecule has 0 radical (unpaired) electrons. The molecule has 0 aliphatic carbocycles. The first-order valence-corrected chi connectivity index (χ1v) is 6.52. The van der Waals surface area contributed by atoms with Crippen LogP contribution in [0.4, 0.5) is 0 Å². The van der Waals surface area contributed by atoms with E-state index in [9.17, 15) is 13.2 Å². The van der Waals surface area contributed by atoms with E-state index in [1.807, 2.05) is 6.92 Å². The van der Waals surface area contributed by atoms with Crippen molar-refractivity contribution in [1.82, 2.24) is 5.32 Å². The maximum absolute atomic E-state index is 11.1. The molecule has 0 bridgehead atoms. The zero-order valence-corrected chi connectivity index (χ0v) is 9.01. The smallest absolute Gasteiger partial charge is 0.234 e. The molecule has 1 aliphatic rings. The molecule has 1 heterocycles. The maximum Gasteiger partial charge on any atom is 0.234 e. The summed E-state index contributed by atoms with van der Waals surface area (Å²) >= 11 is 0. The Morgan fingerprint density at radius 3 is 2.64 bits per heavy atom. The second-order valence-corrected chi connectivity index (χ2v) is 5.86. The summed E-state index contributed by atoms with van der Waals surface area (Å²) in [5.74, 6) is -0.0896. The molecule has 0 aromatic rings. The number of carbonyl (C=O) groups is 1. The summed E-state index contributed by atoms with van der Waals surface area (Å²) in [6.45, 7) is 1.84. The third-order valence-electron chi connectivity index (χ3n) is 2.42. The summed E-state index contributed by atoms with van der Waals surface area (Å²) in [5, 5.41) is 2.97. The predicted molar refractivity (Wildman–Crippen MR) is 53.5 cm³/mol. The van der Waals surface area contributed by atoms with E-state index < -0.39 is 21.8 Å². The van der Waals surface area contributed by atoms with E-state index in [0.29, 0.717) is 12.8 Å². The Bertz CT molecular complexity index is 313. The SMILES string of the molecule is CCC(NC1CCS(=O)(=O)C1)C(N)=O. The van der Waals surface area contributed by atoms with Gasteiger partial charge in [-0.1, -0.05) is 6.92 Å². The first-order chi connectivity index (χ1) is 6.44. The Labute approximate surface area is 84.0 Å². The van der Waals surface area contributed by atoms with Gasteiger partial charge in [0.1, 0.15) is 0 Å².